The van der Waals surface area contributed by atoms with Crippen LogP contribution in [0.2, 0.25) is 0 Å². The molecule has 0 radical (unpaired) electrons. The fourth-order valence-electron chi connectivity index (χ4n) is 1.27. The van der Waals surface area contributed by atoms with Gasteiger partial charge in [-0.05, 0) is 40.5 Å². The second-order valence-corrected chi connectivity index (χ2v) is 3.80. The Morgan fingerprint density at radius 3 is 2.69 bits per heavy atom. The number of aromatic nitrogens is 1. The minimum atomic E-state index is 0.554. The van der Waals surface area contributed by atoms with Crippen molar-refractivity contribution in [1.82, 2.24) is 4.98 Å². The van der Waals surface area contributed by atoms with Crippen LogP contribution in [0.3, 0.4) is 0 Å². The molecule has 1 aromatic carbocycles. The van der Waals surface area contributed by atoms with Gasteiger partial charge in [0.2, 0.25) is 0 Å². The molecular formula is C10H9BrN2. The number of nitrogen functional groups attached to an aromatic ring is 1. The first-order chi connectivity index (χ1) is 6.18. The van der Waals surface area contributed by atoms with E-state index in [0.29, 0.717) is 5.82 Å². The number of aryl methyl sites for hydroxylation is 1. The Morgan fingerprint density at radius 2 is 1.92 bits per heavy atom. The van der Waals surface area contributed by atoms with E-state index in [0.717, 1.165) is 15.4 Å². The van der Waals surface area contributed by atoms with Crippen molar-refractivity contribution in [2.45, 2.75) is 6.92 Å². The van der Waals surface area contributed by atoms with E-state index in [1.807, 2.05) is 25.1 Å². The molecule has 0 atom stereocenters. The van der Waals surface area contributed by atoms with Gasteiger partial charge in [0, 0.05) is 9.86 Å². The van der Waals surface area contributed by atoms with Crippen LogP contribution in [0.1, 0.15) is 5.56 Å². The van der Waals surface area contributed by atoms with Gasteiger partial charge in [-0.25, -0.2) is 4.98 Å². The molecular weight excluding hydrogens is 228 g/mol. The highest BCUT2D eigenvalue weighted by Gasteiger charge is 2.02. The van der Waals surface area contributed by atoms with Crippen LogP contribution in [0.15, 0.2) is 28.7 Å². The van der Waals surface area contributed by atoms with Gasteiger partial charge in [-0.1, -0.05) is 12.1 Å². The van der Waals surface area contributed by atoms with Crippen molar-refractivity contribution in [3.8, 4) is 0 Å². The molecule has 0 aliphatic heterocycles. The zero-order chi connectivity index (χ0) is 9.42. The number of benzene rings is 1. The largest absolute Gasteiger partial charge is 0.384 e. The summed E-state index contributed by atoms with van der Waals surface area (Å²) in [4.78, 5) is 4.27. The zero-order valence-electron chi connectivity index (χ0n) is 7.21. The third-order valence-corrected chi connectivity index (χ3v) is 3.02. The second-order valence-electron chi connectivity index (χ2n) is 3.00. The van der Waals surface area contributed by atoms with E-state index in [-0.39, 0.29) is 0 Å². The van der Waals surface area contributed by atoms with Crippen molar-refractivity contribution in [3.63, 3.8) is 0 Å². The molecule has 1 aromatic heterocycles. The van der Waals surface area contributed by atoms with E-state index in [2.05, 4.69) is 27.0 Å². The SMILES string of the molecule is Cc1ccc2ccc(N)nc2c1Br. The quantitative estimate of drug-likeness (QED) is 0.765. The predicted molar refractivity (Wildman–Crippen MR) is 58.6 cm³/mol. The Bertz CT molecular complexity index is 460. The Labute approximate surface area is 84.9 Å². The summed E-state index contributed by atoms with van der Waals surface area (Å²) in [5.74, 6) is 0.554. The maximum Gasteiger partial charge on any atom is 0.124 e. The van der Waals surface area contributed by atoms with Crippen molar-refractivity contribution in [2.75, 3.05) is 5.73 Å². The molecule has 0 saturated carbocycles. The molecule has 0 amide bonds. The summed E-state index contributed by atoms with van der Waals surface area (Å²) >= 11 is 3.50. The van der Waals surface area contributed by atoms with Crippen molar-refractivity contribution in [2.24, 2.45) is 0 Å². The van der Waals surface area contributed by atoms with Gasteiger partial charge in [-0.15, -0.1) is 0 Å². The van der Waals surface area contributed by atoms with Gasteiger partial charge in [0.05, 0.1) is 5.52 Å². The molecule has 0 unspecified atom stereocenters. The summed E-state index contributed by atoms with van der Waals surface area (Å²) in [5, 5.41) is 1.10. The predicted octanol–water partition coefficient (Wildman–Crippen LogP) is 2.89. The number of anilines is 1. The Kier molecular flexibility index (Phi) is 1.96. The highest BCUT2D eigenvalue weighted by atomic mass is 79.9. The summed E-state index contributed by atoms with van der Waals surface area (Å²) in [6, 6.07) is 7.89. The van der Waals surface area contributed by atoms with Gasteiger partial charge in [0.25, 0.3) is 0 Å². The lowest BCUT2D eigenvalue weighted by Crippen LogP contribution is -1.91. The number of pyridine rings is 1. The summed E-state index contributed by atoms with van der Waals surface area (Å²) in [7, 11) is 0. The fraction of sp³-hybridized carbons (Fsp3) is 0.100. The number of rotatable bonds is 0. The van der Waals surface area contributed by atoms with Gasteiger partial charge in [-0.2, -0.15) is 0 Å². The standard InChI is InChI=1S/C10H9BrN2/c1-6-2-3-7-4-5-8(12)13-10(7)9(6)11/h2-5H,1H3,(H2,12,13). The molecule has 0 bridgehead atoms. The number of hydrogen-bond acceptors (Lipinski definition) is 2. The smallest absolute Gasteiger partial charge is 0.124 e. The van der Waals surface area contributed by atoms with Crippen molar-refractivity contribution >= 4 is 32.7 Å². The molecule has 13 heavy (non-hydrogen) atoms. The maximum atomic E-state index is 5.61. The molecule has 0 saturated heterocycles. The van der Waals surface area contributed by atoms with Crippen LogP contribution in [0, 0.1) is 6.92 Å². The molecule has 3 heteroatoms. The monoisotopic (exact) mass is 236 g/mol. The van der Waals surface area contributed by atoms with Crippen LogP contribution in [-0.4, -0.2) is 4.98 Å². The zero-order valence-corrected chi connectivity index (χ0v) is 8.80. The van der Waals surface area contributed by atoms with Gasteiger partial charge in [-0.3, -0.25) is 0 Å². The molecule has 2 nitrogen and oxygen atoms in total. The van der Waals surface area contributed by atoms with Gasteiger partial charge in [0.1, 0.15) is 5.82 Å². The number of fused-ring (bicyclic) bond motifs is 1. The van der Waals surface area contributed by atoms with Crippen LogP contribution in [-0.2, 0) is 0 Å². The summed E-state index contributed by atoms with van der Waals surface area (Å²) in [5.41, 5.74) is 7.71. The van der Waals surface area contributed by atoms with Gasteiger partial charge in [0.15, 0.2) is 0 Å². The minimum Gasteiger partial charge on any atom is -0.384 e. The molecule has 2 N–H and O–H groups in total. The fourth-order valence-corrected chi connectivity index (χ4v) is 1.72. The van der Waals surface area contributed by atoms with E-state index in [1.165, 1.54) is 5.56 Å². The number of nitrogens with zero attached hydrogens (tertiary/aromatic N) is 1. The van der Waals surface area contributed by atoms with Gasteiger partial charge < -0.3 is 5.73 Å². The second kappa shape index (κ2) is 3.00. The lowest BCUT2D eigenvalue weighted by molar-refractivity contribution is 1.37. The molecule has 0 spiro atoms. The lowest BCUT2D eigenvalue weighted by Gasteiger charge is -2.03. The highest BCUT2D eigenvalue weighted by Crippen LogP contribution is 2.26. The molecule has 2 aromatic rings. The van der Waals surface area contributed by atoms with Crippen molar-refractivity contribution < 1.29 is 0 Å². The van der Waals surface area contributed by atoms with Crippen molar-refractivity contribution in [3.05, 3.63) is 34.3 Å². The van der Waals surface area contributed by atoms with Crippen LogP contribution < -0.4 is 5.73 Å². The van der Waals surface area contributed by atoms with E-state index in [9.17, 15) is 0 Å². The van der Waals surface area contributed by atoms with E-state index >= 15 is 0 Å². The molecule has 66 valence electrons. The Morgan fingerprint density at radius 1 is 1.23 bits per heavy atom. The number of nitrogens with two attached hydrogens (primary N) is 1. The van der Waals surface area contributed by atoms with Crippen LogP contribution in [0.25, 0.3) is 10.9 Å². The third-order valence-electron chi connectivity index (χ3n) is 2.02. The van der Waals surface area contributed by atoms with Gasteiger partial charge >= 0.3 is 0 Å². The molecule has 0 aliphatic carbocycles. The third kappa shape index (κ3) is 1.40. The van der Waals surface area contributed by atoms with Crippen LogP contribution in [0.5, 0.6) is 0 Å². The topological polar surface area (TPSA) is 38.9 Å². The first-order valence-electron chi connectivity index (χ1n) is 4.00. The number of hydrogen-bond donors (Lipinski definition) is 1. The first kappa shape index (κ1) is 8.51. The molecule has 1 heterocycles. The van der Waals surface area contributed by atoms with E-state index < -0.39 is 0 Å². The minimum absolute atomic E-state index is 0.554. The average Bonchev–Trinajstić information content (AvgIpc) is 2.12. The average molecular weight is 237 g/mol. The van der Waals surface area contributed by atoms with E-state index in [1.54, 1.807) is 0 Å². The van der Waals surface area contributed by atoms with E-state index in [4.69, 9.17) is 5.73 Å². The highest BCUT2D eigenvalue weighted by molar-refractivity contribution is 9.10. The summed E-state index contributed by atoms with van der Waals surface area (Å²) < 4.78 is 1.03. The normalized spacial score (nSPS) is 10.6. The van der Waals surface area contributed by atoms with Crippen LogP contribution in [0.4, 0.5) is 5.82 Å². The molecule has 0 aliphatic rings. The Balaban J connectivity index is 2.89. The first-order valence-corrected chi connectivity index (χ1v) is 4.79. The molecule has 0 fully saturated rings. The number of halogens is 1. The van der Waals surface area contributed by atoms with Crippen LogP contribution >= 0.6 is 15.9 Å². The summed E-state index contributed by atoms with van der Waals surface area (Å²) in [6.07, 6.45) is 0. The lowest BCUT2D eigenvalue weighted by atomic mass is 10.1. The Hall–Kier alpha value is -1.09. The van der Waals surface area contributed by atoms with Crippen molar-refractivity contribution in [1.29, 1.82) is 0 Å². The molecule has 2 rings (SSSR count). The maximum absolute atomic E-state index is 5.61. The summed E-state index contributed by atoms with van der Waals surface area (Å²) in [6.45, 7) is 2.04.